The Kier molecular flexibility index (Phi) is 64.2. The molecule has 0 bridgehead atoms. The maximum absolute atomic E-state index is 2.36. The van der Waals surface area contributed by atoms with E-state index in [1.165, 1.54) is 334 Å². The summed E-state index contributed by atoms with van der Waals surface area (Å²) >= 11 is 0. The van der Waals surface area contributed by atoms with Gasteiger partial charge in [0.1, 0.15) is 0 Å². The monoisotopic (exact) mass is 1070 g/mol. The van der Waals surface area contributed by atoms with Gasteiger partial charge in [0, 0.05) is 0 Å². The van der Waals surface area contributed by atoms with Crippen LogP contribution in [-0.4, -0.2) is 0 Å². The molecule has 0 spiro atoms. The highest BCUT2D eigenvalue weighted by Crippen LogP contribution is 2.47. The largest absolute Gasteiger partial charge is 0.0654 e. The third-order valence-electron chi connectivity index (χ3n) is 19.6. The fourth-order valence-electron chi connectivity index (χ4n) is 14.4. The van der Waals surface area contributed by atoms with Crippen LogP contribution in [0, 0.1) is 35.5 Å². The fourth-order valence-corrected chi connectivity index (χ4v) is 14.4. The molecule has 458 valence electrons. The molecule has 0 N–H and O–H groups in total. The summed E-state index contributed by atoms with van der Waals surface area (Å²) < 4.78 is 0. The van der Waals surface area contributed by atoms with Crippen molar-refractivity contribution in [3.63, 3.8) is 0 Å². The third-order valence-corrected chi connectivity index (χ3v) is 19.6. The van der Waals surface area contributed by atoms with Crippen LogP contribution < -0.4 is 0 Å². The minimum atomic E-state index is 1.03. The standard InChI is InChI=1S/C38H76.C38H78/c1-5-9-13-17-19-23-27-31-37-33-35(29-25-21-15-11-7-3)36(30-26-22-16-12-8-4)34-38(37)32-28-24-20-18-14-10-6-2;1-5-9-13-17-21-25-29-33-37(34-30-26-22-18-14-10-6-2)38(35-31-27-23-19-15-11-7-3)36-32-28-24-20-16-12-8-4/h35-38H,5-34H2,1-4H3;37-38H,5-36H2,1-4H3. The predicted octanol–water partition coefficient (Wildman–Crippen LogP) is 29.0. The zero-order chi connectivity index (χ0) is 55.3. The van der Waals surface area contributed by atoms with Gasteiger partial charge in [0.15, 0.2) is 0 Å². The Balaban J connectivity index is 0.00000148. The molecule has 1 aliphatic carbocycles. The topological polar surface area (TPSA) is 0 Å². The highest BCUT2D eigenvalue weighted by atomic mass is 14.4. The van der Waals surface area contributed by atoms with Gasteiger partial charge in [0.2, 0.25) is 0 Å². The summed E-state index contributed by atoms with van der Waals surface area (Å²) in [5.41, 5.74) is 0. The Morgan fingerprint density at radius 1 is 0.171 bits per heavy atom. The van der Waals surface area contributed by atoms with E-state index in [4.69, 9.17) is 0 Å². The van der Waals surface area contributed by atoms with Gasteiger partial charge in [-0.2, -0.15) is 0 Å². The van der Waals surface area contributed by atoms with Crippen LogP contribution in [0.3, 0.4) is 0 Å². The normalized spacial score (nSPS) is 16.8. The molecule has 0 aliphatic heterocycles. The van der Waals surface area contributed by atoms with Crippen LogP contribution >= 0.6 is 0 Å². The highest BCUT2D eigenvalue weighted by Gasteiger charge is 2.35. The molecule has 0 radical (unpaired) electrons. The lowest BCUT2D eigenvalue weighted by Gasteiger charge is -2.42. The van der Waals surface area contributed by atoms with Crippen molar-refractivity contribution in [3.8, 4) is 0 Å². The van der Waals surface area contributed by atoms with Crippen molar-refractivity contribution in [2.75, 3.05) is 0 Å². The molecule has 4 unspecified atom stereocenters. The molecule has 0 nitrogen and oxygen atoms in total. The fraction of sp³-hybridized carbons (Fsp3) is 1.00. The van der Waals surface area contributed by atoms with Gasteiger partial charge in [-0.3, -0.25) is 0 Å². The second-order valence-electron chi connectivity index (χ2n) is 26.9. The number of unbranched alkanes of at least 4 members (excludes halogenated alkanes) is 44. The summed E-state index contributed by atoms with van der Waals surface area (Å²) in [6.07, 6.45) is 92.0. The molecule has 76 heavy (non-hydrogen) atoms. The van der Waals surface area contributed by atoms with Crippen molar-refractivity contribution in [1.82, 2.24) is 0 Å². The first-order valence-corrected chi connectivity index (χ1v) is 37.6. The Morgan fingerprint density at radius 3 is 0.461 bits per heavy atom. The molecule has 1 saturated carbocycles. The van der Waals surface area contributed by atoms with Gasteiger partial charge in [-0.25, -0.2) is 0 Å². The molecule has 1 fully saturated rings. The number of hydrogen-bond donors (Lipinski definition) is 0. The van der Waals surface area contributed by atoms with Crippen molar-refractivity contribution in [1.29, 1.82) is 0 Å². The molecule has 0 aromatic rings. The van der Waals surface area contributed by atoms with E-state index in [0.29, 0.717) is 0 Å². The molecule has 4 atom stereocenters. The third kappa shape index (κ3) is 50.9. The Bertz CT molecular complexity index is 846. The van der Waals surface area contributed by atoms with Gasteiger partial charge in [-0.05, 0) is 48.3 Å². The summed E-state index contributed by atoms with van der Waals surface area (Å²) in [5, 5.41) is 0. The first-order chi connectivity index (χ1) is 37.6. The smallest absolute Gasteiger partial charge is 0.0383 e. The Hall–Kier alpha value is 0. The second-order valence-corrected chi connectivity index (χ2v) is 26.9. The van der Waals surface area contributed by atoms with Crippen LogP contribution in [0.2, 0.25) is 0 Å². The minimum absolute atomic E-state index is 1.03. The van der Waals surface area contributed by atoms with Gasteiger partial charge in [0.05, 0.1) is 0 Å². The maximum Gasteiger partial charge on any atom is -0.0383 e. The number of hydrogen-bond acceptors (Lipinski definition) is 0. The van der Waals surface area contributed by atoms with Gasteiger partial charge in [-0.15, -0.1) is 0 Å². The average Bonchev–Trinajstić information content (AvgIpc) is 3.43. The van der Waals surface area contributed by atoms with Crippen LogP contribution in [0.15, 0.2) is 0 Å². The lowest BCUT2D eigenvalue weighted by atomic mass is 9.63. The van der Waals surface area contributed by atoms with Crippen LogP contribution in [-0.2, 0) is 0 Å². The molecule has 0 amide bonds. The predicted molar refractivity (Wildman–Crippen MR) is 353 cm³/mol. The Labute approximate surface area is 486 Å². The van der Waals surface area contributed by atoms with E-state index in [9.17, 15) is 0 Å². The van der Waals surface area contributed by atoms with E-state index in [-0.39, 0.29) is 0 Å². The van der Waals surface area contributed by atoms with Crippen molar-refractivity contribution in [3.05, 3.63) is 0 Å². The highest BCUT2D eigenvalue weighted by molar-refractivity contribution is 4.86. The quantitative estimate of drug-likeness (QED) is 0.0533. The van der Waals surface area contributed by atoms with E-state index < -0.39 is 0 Å². The first-order valence-electron chi connectivity index (χ1n) is 37.6. The molecular weight excluding hydrogens is 913 g/mol. The van der Waals surface area contributed by atoms with E-state index in [0.717, 1.165) is 35.5 Å². The van der Waals surface area contributed by atoms with Crippen molar-refractivity contribution in [2.45, 2.75) is 453 Å². The number of rotatable bonds is 61. The average molecular weight is 1070 g/mol. The van der Waals surface area contributed by atoms with Gasteiger partial charge >= 0.3 is 0 Å². The van der Waals surface area contributed by atoms with E-state index in [1.54, 1.807) is 64.2 Å². The summed E-state index contributed by atoms with van der Waals surface area (Å²) in [4.78, 5) is 0. The molecule has 0 aromatic carbocycles. The molecule has 0 aromatic heterocycles. The van der Waals surface area contributed by atoms with Gasteiger partial charge in [-0.1, -0.05) is 441 Å². The summed E-state index contributed by atoms with van der Waals surface area (Å²) in [5.74, 6) is 6.29. The molecule has 0 heteroatoms. The second kappa shape index (κ2) is 64.2. The SMILES string of the molecule is CCCCCCCCCC(CCCCCCCCC)C(CCCCCCCCC)CCCCCCCCC.CCCCCCCCCC1CC(CCCCCCC)C(CCCCCCC)CC1CCCCCCCCC. The Morgan fingerprint density at radius 2 is 0.303 bits per heavy atom. The van der Waals surface area contributed by atoms with Crippen molar-refractivity contribution >= 4 is 0 Å². The zero-order valence-corrected chi connectivity index (χ0v) is 55.3. The van der Waals surface area contributed by atoms with Crippen molar-refractivity contribution < 1.29 is 0 Å². The molecule has 0 saturated heterocycles. The van der Waals surface area contributed by atoms with E-state index in [1.807, 2.05) is 0 Å². The molecule has 1 rings (SSSR count). The molecule has 1 aliphatic rings. The maximum atomic E-state index is 2.36. The van der Waals surface area contributed by atoms with Crippen molar-refractivity contribution in [2.24, 2.45) is 35.5 Å². The summed E-state index contributed by atoms with van der Waals surface area (Å²) in [6.45, 7) is 18.7. The minimum Gasteiger partial charge on any atom is -0.0654 e. The van der Waals surface area contributed by atoms with E-state index >= 15 is 0 Å². The molecule has 0 heterocycles. The van der Waals surface area contributed by atoms with Gasteiger partial charge < -0.3 is 0 Å². The molecular formula is C76H154. The lowest BCUT2D eigenvalue weighted by molar-refractivity contribution is 0.0814. The first kappa shape index (κ1) is 76.0. The van der Waals surface area contributed by atoms with Crippen LogP contribution in [0.1, 0.15) is 453 Å². The zero-order valence-electron chi connectivity index (χ0n) is 55.3. The summed E-state index contributed by atoms with van der Waals surface area (Å²) in [6, 6.07) is 0. The van der Waals surface area contributed by atoms with E-state index in [2.05, 4.69) is 55.4 Å². The van der Waals surface area contributed by atoms with Gasteiger partial charge in [0.25, 0.3) is 0 Å². The van der Waals surface area contributed by atoms with Crippen LogP contribution in [0.5, 0.6) is 0 Å². The van der Waals surface area contributed by atoms with Crippen LogP contribution in [0.25, 0.3) is 0 Å². The van der Waals surface area contributed by atoms with Crippen LogP contribution in [0.4, 0.5) is 0 Å². The summed E-state index contributed by atoms with van der Waals surface area (Å²) in [7, 11) is 0. The lowest BCUT2D eigenvalue weighted by Crippen LogP contribution is -2.32.